The summed E-state index contributed by atoms with van der Waals surface area (Å²) in [6.45, 7) is 3.61. The van der Waals surface area contributed by atoms with Crippen molar-refractivity contribution >= 4 is 35.0 Å². The lowest BCUT2D eigenvalue weighted by Crippen LogP contribution is -2.47. The molecule has 150 valence electrons. The molecule has 2 saturated heterocycles. The summed E-state index contributed by atoms with van der Waals surface area (Å²) in [5, 5.41) is 3.37. The van der Waals surface area contributed by atoms with Crippen molar-refractivity contribution in [2.45, 2.75) is 32.1 Å². The van der Waals surface area contributed by atoms with Crippen molar-refractivity contribution in [2.75, 3.05) is 42.6 Å². The fourth-order valence-electron chi connectivity index (χ4n) is 4.28. The zero-order valence-electron chi connectivity index (χ0n) is 16.1. The molecule has 0 bridgehead atoms. The average Bonchev–Trinajstić information content (AvgIpc) is 3.01. The van der Waals surface area contributed by atoms with Crippen molar-refractivity contribution in [3.8, 4) is 0 Å². The van der Waals surface area contributed by atoms with Crippen LogP contribution in [-0.4, -0.2) is 59.2 Å². The van der Waals surface area contributed by atoms with Crippen LogP contribution < -0.4 is 16.0 Å². The topological polar surface area (TPSA) is 101 Å². The highest BCUT2D eigenvalue weighted by molar-refractivity contribution is 7.99. The smallest absolute Gasteiger partial charge is 0.225 e. The van der Waals surface area contributed by atoms with Gasteiger partial charge in [0, 0.05) is 49.3 Å². The standard InChI is InChI=1S/C20H27N5O2S/c21-17(14-12-28-13-20(18(14)27)6-2-1-4-16(20)26)15-5-8-23-19(24-15)25-10-3-7-22-9-11-25/h5,8,22H,1-4,6-7,9-13,21H2/b17-14-. The first kappa shape index (κ1) is 19.4. The zero-order valence-corrected chi connectivity index (χ0v) is 16.9. The Bertz CT molecular complexity index is 800. The number of hydrogen-bond donors (Lipinski definition) is 2. The summed E-state index contributed by atoms with van der Waals surface area (Å²) in [7, 11) is 0. The molecule has 1 spiro atoms. The molecule has 1 saturated carbocycles. The van der Waals surface area contributed by atoms with Gasteiger partial charge in [0.05, 0.1) is 11.4 Å². The fraction of sp³-hybridized carbons (Fsp3) is 0.600. The molecule has 0 radical (unpaired) electrons. The molecule has 7 nitrogen and oxygen atoms in total. The molecule has 28 heavy (non-hydrogen) atoms. The number of hydrogen-bond acceptors (Lipinski definition) is 8. The quantitative estimate of drug-likeness (QED) is 0.566. The number of anilines is 1. The van der Waals surface area contributed by atoms with Crippen LogP contribution in [0.2, 0.25) is 0 Å². The van der Waals surface area contributed by atoms with E-state index in [1.807, 2.05) is 0 Å². The first-order chi connectivity index (χ1) is 13.6. The average molecular weight is 402 g/mol. The maximum Gasteiger partial charge on any atom is 0.225 e. The van der Waals surface area contributed by atoms with E-state index in [0.717, 1.165) is 45.4 Å². The summed E-state index contributed by atoms with van der Waals surface area (Å²) >= 11 is 1.63. The summed E-state index contributed by atoms with van der Waals surface area (Å²) in [4.78, 5) is 37.2. The lowest BCUT2D eigenvalue weighted by molar-refractivity contribution is -0.139. The molecule has 8 heteroatoms. The van der Waals surface area contributed by atoms with Crippen molar-refractivity contribution in [2.24, 2.45) is 11.1 Å². The van der Waals surface area contributed by atoms with Crippen molar-refractivity contribution in [3.05, 3.63) is 23.5 Å². The van der Waals surface area contributed by atoms with E-state index in [1.54, 1.807) is 24.0 Å². The van der Waals surface area contributed by atoms with E-state index in [-0.39, 0.29) is 11.6 Å². The van der Waals surface area contributed by atoms with Crippen molar-refractivity contribution < 1.29 is 9.59 Å². The molecule has 4 rings (SSSR count). The molecular weight excluding hydrogens is 374 g/mol. The first-order valence-electron chi connectivity index (χ1n) is 10.1. The monoisotopic (exact) mass is 401 g/mol. The predicted octanol–water partition coefficient (Wildman–Crippen LogP) is 1.39. The Hall–Kier alpha value is -1.93. The van der Waals surface area contributed by atoms with Gasteiger partial charge < -0.3 is 16.0 Å². The van der Waals surface area contributed by atoms with Crippen LogP contribution in [0.25, 0.3) is 5.70 Å². The molecule has 1 aromatic rings. The second-order valence-corrected chi connectivity index (χ2v) is 8.74. The van der Waals surface area contributed by atoms with E-state index in [1.165, 1.54) is 0 Å². The maximum atomic E-state index is 13.3. The van der Waals surface area contributed by atoms with Gasteiger partial charge in [-0.3, -0.25) is 9.59 Å². The first-order valence-corrected chi connectivity index (χ1v) is 11.2. The van der Waals surface area contributed by atoms with Gasteiger partial charge in [-0.1, -0.05) is 6.42 Å². The minimum atomic E-state index is -0.868. The molecule has 0 amide bonds. The molecule has 2 aliphatic heterocycles. The van der Waals surface area contributed by atoms with Gasteiger partial charge >= 0.3 is 0 Å². The van der Waals surface area contributed by atoms with Crippen molar-refractivity contribution in [1.82, 2.24) is 15.3 Å². The molecule has 1 aliphatic carbocycles. The van der Waals surface area contributed by atoms with E-state index in [0.29, 0.717) is 47.3 Å². The molecule has 3 N–H and O–H groups in total. The third-order valence-electron chi connectivity index (χ3n) is 5.96. The molecule has 0 aromatic carbocycles. The second-order valence-electron chi connectivity index (χ2n) is 7.76. The van der Waals surface area contributed by atoms with E-state index in [4.69, 9.17) is 5.73 Å². The summed E-state index contributed by atoms with van der Waals surface area (Å²) in [6, 6.07) is 1.75. The van der Waals surface area contributed by atoms with E-state index < -0.39 is 5.41 Å². The molecule has 3 heterocycles. The van der Waals surface area contributed by atoms with E-state index in [9.17, 15) is 9.59 Å². The van der Waals surface area contributed by atoms with Crippen molar-refractivity contribution in [3.63, 3.8) is 0 Å². The lowest BCUT2D eigenvalue weighted by Gasteiger charge is -2.38. The number of ketones is 2. The highest BCUT2D eigenvalue weighted by atomic mass is 32.2. The second kappa shape index (κ2) is 8.21. The SMILES string of the molecule is N/C(=C1/CSCC2(CCCCC2=O)C1=O)c1ccnc(N2CCCNCC2)n1. The Kier molecular flexibility index (Phi) is 5.68. The van der Waals surface area contributed by atoms with E-state index >= 15 is 0 Å². The van der Waals surface area contributed by atoms with Crippen LogP contribution >= 0.6 is 11.8 Å². The summed E-state index contributed by atoms with van der Waals surface area (Å²) in [5.41, 5.74) is 7.09. The number of aromatic nitrogens is 2. The summed E-state index contributed by atoms with van der Waals surface area (Å²) < 4.78 is 0. The van der Waals surface area contributed by atoms with Crippen LogP contribution in [0.1, 0.15) is 37.8 Å². The van der Waals surface area contributed by atoms with E-state index in [2.05, 4.69) is 20.2 Å². The number of nitrogens with two attached hydrogens (primary N) is 1. The minimum Gasteiger partial charge on any atom is -0.397 e. The zero-order chi connectivity index (χ0) is 19.6. The number of nitrogens with one attached hydrogen (secondary N) is 1. The molecule has 3 fully saturated rings. The Morgan fingerprint density at radius 2 is 2.11 bits per heavy atom. The van der Waals surface area contributed by atoms with Crippen LogP contribution in [0, 0.1) is 5.41 Å². The lowest BCUT2D eigenvalue weighted by atomic mass is 9.69. The Labute approximate surface area is 169 Å². The van der Waals surface area contributed by atoms with Gasteiger partial charge in [0.2, 0.25) is 5.95 Å². The molecule has 1 unspecified atom stereocenters. The number of Topliss-reactive ketones (excluding diaryl/α,β-unsaturated/α-hetero) is 2. The number of nitrogens with zero attached hydrogens (tertiary/aromatic N) is 3. The Morgan fingerprint density at radius 1 is 1.21 bits per heavy atom. The fourth-order valence-corrected chi connectivity index (χ4v) is 5.66. The predicted molar refractivity (Wildman–Crippen MR) is 111 cm³/mol. The van der Waals surface area contributed by atoms with Crippen LogP contribution in [0.5, 0.6) is 0 Å². The van der Waals surface area contributed by atoms with Gasteiger partial charge in [-0.15, -0.1) is 0 Å². The highest BCUT2D eigenvalue weighted by Crippen LogP contribution is 2.44. The molecule has 3 aliphatic rings. The number of carbonyl (C=O) groups excluding carboxylic acids is 2. The number of carbonyl (C=O) groups is 2. The van der Waals surface area contributed by atoms with Gasteiger partial charge in [0.25, 0.3) is 0 Å². The number of rotatable bonds is 2. The minimum absolute atomic E-state index is 0.0763. The normalized spacial score (nSPS) is 28.4. The largest absolute Gasteiger partial charge is 0.397 e. The van der Waals surface area contributed by atoms with Gasteiger partial charge in [-0.25, -0.2) is 9.97 Å². The third-order valence-corrected chi connectivity index (χ3v) is 7.15. The summed E-state index contributed by atoms with van der Waals surface area (Å²) in [5.74, 6) is 1.77. The van der Waals surface area contributed by atoms with Crippen LogP contribution in [0.15, 0.2) is 17.8 Å². The van der Waals surface area contributed by atoms with Crippen LogP contribution in [0.4, 0.5) is 5.95 Å². The summed E-state index contributed by atoms with van der Waals surface area (Å²) in [6.07, 6.45) is 5.68. The third kappa shape index (κ3) is 3.55. The van der Waals surface area contributed by atoms with Gasteiger partial charge in [0.15, 0.2) is 5.78 Å². The van der Waals surface area contributed by atoms with Gasteiger partial charge in [0.1, 0.15) is 11.2 Å². The van der Waals surface area contributed by atoms with Gasteiger partial charge in [-0.2, -0.15) is 11.8 Å². The molecular formula is C20H27N5O2S. The van der Waals surface area contributed by atoms with Crippen LogP contribution in [0.3, 0.4) is 0 Å². The van der Waals surface area contributed by atoms with Gasteiger partial charge in [-0.05, 0) is 31.9 Å². The molecule has 1 atom stereocenters. The Morgan fingerprint density at radius 3 is 2.96 bits per heavy atom. The number of thioether (sulfide) groups is 1. The molecule has 1 aromatic heterocycles. The van der Waals surface area contributed by atoms with Crippen LogP contribution in [-0.2, 0) is 9.59 Å². The van der Waals surface area contributed by atoms with Crippen molar-refractivity contribution in [1.29, 1.82) is 0 Å². The Balaban J connectivity index is 1.65. The highest BCUT2D eigenvalue weighted by Gasteiger charge is 2.49. The maximum absolute atomic E-state index is 13.3.